The Labute approximate surface area is 217 Å². The smallest absolute Gasteiger partial charge is 0.131 e. The van der Waals surface area contributed by atoms with Crippen LogP contribution in [0.15, 0.2) is 85.1 Å². The van der Waals surface area contributed by atoms with Gasteiger partial charge >= 0.3 is 0 Å². The molecule has 2 atom stereocenters. The van der Waals surface area contributed by atoms with E-state index in [2.05, 4.69) is 59.6 Å². The number of rotatable bonds is 5. The van der Waals surface area contributed by atoms with Crippen LogP contribution < -0.4 is 4.74 Å². The fourth-order valence-corrected chi connectivity index (χ4v) is 7.30. The third-order valence-corrected chi connectivity index (χ3v) is 9.27. The summed E-state index contributed by atoms with van der Waals surface area (Å²) in [4.78, 5) is 4.57. The Balaban J connectivity index is 1.36. The summed E-state index contributed by atoms with van der Waals surface area (Å²) in [5.74, 6) is 1.50. The first-order valence-corrected chi connectivity index (χ1v) is 13.5. The summed E-state index contributed by atoms with van der Waals surface area (Å²) in [6.45, 7) is 3.19. The largest absolute Gasteiger partial charge is 0.497 e. The Bertz CT molecular complexity index is 1570. The molecule has 0 saturated carbocycles. The van der Waals surface area contributed by atoms with E-state index in [1.54, 1.807) is 7.11 Å². The summed E-state index contributed by atoms with van der Waals surface area (Å²) >= 11 is 0. The number of hydrogen-bond acceptors (Lipinski definition) is 3. The van der Waals surface area contributed by atoms with Gasteiger partial charge in [0.05, 0.1) is 25.7 Å². The minimum Gasteiger partial charge on any atom is -0.497 e. The Kier molecular flexibility index (Phi) is 5.42. The molecule has 5 aromatic rings. The molecule has 4 nitrogen and oxygen atoms in total. The molecule has 0 aliphatic carbocycles. The fraction of sp³-hybridized carbons (Fsp3) is 0.303. The summed E-state index contributed by atoms with van der Waals surface area (Å²) in [6.07, 6.45) is 4.85. The van der Waals surface area contributed by atoms with E-state index in [0.717, 1.165) is 52.8 Å². The Hall–Kier alpha value is -3.47. The number of piperidine rings is 3. The Morgan fingerprint density at radius 3 is 2.30 bits per heavy atom. The molecule has 1 N–H and O–H groups in total. The first-order valence-electron chi connectivity index (χ1n) is 13.5. The number of benzene rings is 4. The number of fused-ring (bicyclic) bond motifs is 6. The maximum atomic E-state index is 12.1. The van der Waals surface area contributed by atoms with Gasteiger partial charge < -0.3 is 14.3 Å². The van der Waals surface area contributed by atoms with Gasteiger partial charge in [-0.25, -0.2) is 0 Å². The van der Waals surface area contributed by atoms with Crippen molar-refractivity contribution in [2.75, 3.05) is 20.2 Å². The van der Waals surface area contributed by atoms with E-state index in [-0.39, 0.29) is 6.04 Å². The van der Waals surface area contributed by atoms with Crippen LogP contribution >= 0.6 is 0 Å². The molecule has 3 aliphatic rings. The number of aliphatic hydroxyl groups excluding tert-OH is 1. The van der Waals surface area contributed by atoms with Crippen molar-refractivity contribution in [3.05, 3.63) is 96.2 Å². The van der Waals surface area contributed by atoms with Gasteiger partial charge in [0.2, 0.25) is 0 Å². The highest BCUT2D eigenvalue weighted by molar-refractivity contribution is 6.02. The number of ether oxygens (including phenoxy) is 1. The standard InChI is InChI=1S/C33H33N2O2/c1-37-25-10-11-31-29(20-25)28(12-15-34-31)33(36)32-18-22-13-16-35(32,17-14-22)21-30-26-8-4-2-6-23(26)19-24-7-3-5-9-27(24)30/h2-12,15,19-20,22,32-33,36H,13-14,16-18,21H2,1H3/q+1/t22?,32-,33+,35?/m0/s1. The normalized spacial score (nSPS) is 24.1. The van der Waals surface area contributed by atoms with E-state index < -0.39 is 6.10 Å². The van der Waals surface area contributed by atoms with Crippen LogP contribution in [0.1, 0.15) is 36.5 Å². The third-order valence-electron chi connectivity index (χ3n) is 9.27. The van der Waals surface area contributed by atoms with Crippen LogP contribution in [0, 0.1) is 5.92 Å². The van der Waals surface area contributed by atoms with Crippen LogP contribution in [0.4, 0.5) is 0 Å². The van der Waals surface area contributed by atoms with Crippen LogP contribution in [0.3, 0.4) is 0 Å². The summed E-state index contributed by atoms with van der Waals surface area (Å²) in [7, 11) is 1.69. The molecule has 4 heterocycles. The van der Waals surface area contributed by atoms with E-state index >= 15 is 0 Å². The monoisotopic (exact) mass is 489 g/mol. The quantitative estimate of drug-likeness (QED) is 0.218. The number of aromatic nitrogens is 1. The highest BCUT2D eigenvalue weighted by atomic mass is 16.5. The molecule has 4 aromatic carbocycles. The van der Waals surface area contributed by atoms with E-state index in [4.69, 9.17) is 4.74 Å². The van der Waals surface area contributed by atoms with Crippen molar-refractivity contribution < 1.29 is 14.3 Å². The summed E-state index contributed by atoms with van der Waals surface area (Å²) in [5, 5.41) is 18.4. The molecule has 0 amide bonds. The van der Waals surface area contributed by atoms with Gasteiger partial charge in [0.15, 0.2) is 0 Å². The molecule has 37 heavy (non-hydrogen) atoms. The predicted molar refractivity (Wildman–Crippen MR) is 150 cm³/mol. The van der Waals surface area contributed by atoms with Crippen LogP contribution in [-0.2, 0) is 6.54 Å². The zero-order valence-electron chi connectivity index (χ0n) is 21.3. The Morgan fingerprint density at radius 1 is 0.892 bits per heavy atom. The number of hydrogen-bond donors (Lipinski definition) is 1. The first-order chi connectivity index (χ1) is 18.1. The number of quaternary nitrogens is 1. The highest BCUT2D eigenvalue weighted by Gasteiger charge is 2.51. The lowest BCUT2D eigenvalue weighted by atomic mass is 9.76. The second-order valence-corrected chi connectivity index (χ2v) is 11.1. The van der Waals surface area contributed by atoms with Crippen LogP contribution in [-0.4, -0.2) is 40.8 Å². The molecule has 8 rings (SSSR count). The molecule has 3 fully saturated rings. The summed E-state index contributed by atoms with van der Waals surface area (Å²) in [5.41, 5.74) is 3.30. The van der Waals surface area contributed by atoms with E-state index in [1.807, 2.05) is 30.5 Å². The molecule has 3 saturated heterocycles. The van der Waals surface area contributed by atoms with Crippen molar-refractivity contribution in [2.45, 2.75) is 38.0 Å². The van der Waals surface area contributed by atoms with Gasteiger partial charge in [-0.3, -0.25) is 4.98 Å². The van der Waals surface area contributed by atoms with Crippen LogP contribution in [0.5, 0.6) is 5.75 Å². The predicted octanol–water partition coefficient (Wildman–Crippen LogP) is 6.78. The second kappa shape index (κ2) is 8.83. The molecular weight excluding hydrogens is 456 g/mol. The lowest BCUT2D eigenvalue weighted by molar-refractivity contribution is -0.981. The first kappa shape index (κ1) is 22.7. The maximum absolute atomic E-state index is 12.1. The number of aliphatic hydroxyl groups is 1. The average Bonchev–Trinajstić information content (AvgIpc) is 2.96. The van der Waals surface area contributed by atoms with Gasteiger partial charge in [-0.1, -0.05) is 48.5 Å². The van der Waals surface area contributed by atoms with Gasteiger partial charge in [-0.15, -0.1) is 0 Å². The fourth-order valence-electron chi connectivity index (χ4n) is 7.30. The van der Waals surface area contributed by atoms with Crippen LogP contribution in [0.2, 0.25) is 0 Å². The Morgan fingerprint density at radius 2 is 1.59 bits per heavy atom. The molecule has 0 radical (unpaired) electrons. The van der Waals surface area contributed by atoms with Gasteiger partial charge in [-0.2, -0.15) is 0 Å². The summed E-state index contributed by atoms with van der Waals surface area (Å²) in [6, 6.07) is 28.1. The average molecular weight is 490 g/mol. The van der Waals surface area contributed by atoms with Crippen LogP contribution in [0.25, 0.3) is 32.4 Å². The molecule has 4 heteroatoms. The molecule has 1 aromatic heterocycles. The number of pyridine rings is 1. The van der Waals surface area contributed by atoms with Gasteiger partial charge in [0.1, 0.15) is 24.4 Å². The molecular formula is C33H33N2O2+. The molecule has 0 spiro atoms. The van der Waals surface area contributed by atoms with Gasteiger partial charge in [-0.05, 0) is 76.2 Å². The van der Waals surface area contributed by atoms with E-state index in [9.17, 15) is 5.11 Å². The zero-order valence-corrected chi connectivity index (χ0v) is 21.3. The second-order valence-electron chi connectivity index (χ2n) is 11.1. The lowest BCUT2D eigenvalue weighted by Crippen LogP contribution is -2.65. The highest BCUT2D eigenvalue weighted by Crippen LogP contribution is 2.46. The summed E-state index contributed by atoms with van der Waals surface area (Å²) < 4.78 is 6.47. The van der Waals surface area contributed by atoms with Crippen molar-refractivity contribution in [1.82, 2.24) is 4.98 Å². The van der Waals surface area contributed by atoms with Crippen molar-refractivity contribution in [3.63, 3.8) is 0 Å². The van der Waals surface area contributed by atoms with Crippen molar-refractivity contribution >= 4 is 32.4 Å². The minimum atomic E-state index is -0.554. The van der Waals surface area contributed by atoms with Crippen molar-refractivity contribution in [1.29, 1.82) is 0 Å². The number of nitrogens with zero attached hydrogens (tertiary/aromatic N) is 2. The van der Waals surface area contributed by atoms with E-state index in [1.165, 1.54) is 39.9 Å². The van der Waals surface area contributed by atoms with Crippen molar-refractivity contribution in [2.24, 2.45) is 5.92 Å². The maximum Gasteiger partial charge on any atom is 0.131 e. The number of methoxy groups -OCH3 is 1. The SMILES string of the molecule is COc1ccc2nccc([C@@H](O)[C@@H]3CC4CC[N+]3(Cc3c5ccccc5cc5ccccc35)CC4)c2c1. The lowest BCUT2D eigenvalue weighted by Gasteiger charge is -2.56. The van der Waals surface area contributed by atoms with E-state index in [0.29, 0.717) is 5.92 Å². The molecule has 0 unspecified atom stereocenters. The topological polar surface area (TPSA) is 42.4 Å². The molecule has 3 aliphatic heterocycles. The molecule has 186 valence electrons. The van der Waals surface area contributed by atoms with Gasteiger partial charge in [0.25, 0.3) is 0 Å². The third kappa shape index (κ3) is 3.70. The minimum absolute atomic E-state index is 0.155. The van der Waals surface area contributed by atoms with Crippen molar-refractivity contribution in [3.8, 4) is 5.75 Å². The zero-order chi connectivity index (χ0) is 25.0. The molecule has 2 bridgehead atoms. The van der Waals surface area contributed by atoms with Gasteiger partial charge in [0, 0.05) is 23.6 Å².